The van der Waals surface area contributed by atoms with Gasteiger partial charge in [-0.1, -0.05) is 18.0 Å². The topological polar surface area (TPSA) is 26.0 Å². The lowest BCUT2D eigenvalue weighted by molar-refractivity contribution is -0.421. The number of benzene rings is 1. The van der Waals surface area contributed by atoms with Gasteiger partial charge in [0.1, 0.15) is 0 Å². The van der Waals surface area contributed by atoms with Gasteiger partial charge >= 0.3 is 0 Å². The van der Waals surface area contributed by atoms with Crippen molar-refractivity contribution in [1.82, 2.24) is 5.32 Å². The highest BCUT2D eigenvalue weighted by Crippen LogP contribution is 2.17. The second kappa shape index (κ2) is 6.06. The predicted molar refractivity (Wildman–Crippen MR) is 72.5 cm³/mol. The van der Waals surface area contributed by atoms with Crippen LogP contribution in [0.4, 0.5) is 0 Å². The summed E-state index contributed by atoms with van der Waals surface area (Å²) >= 11 is 5.90. The number of amidine groups is 1. The van der Waals surface area contributed by atoms with Crippen molar-refractivity contribution in [2.24, 2.45) is 0 Å². The molecule has 3 heteroatoms. The van der Waals surface area contributed by atoms with Gasteiger partial charge in [-0.15, -0.1) is 0 Å². The maximum Gasteiger partial charge on any atom is 0.274 e. The molecule has 0 bridgehead atoms. The summed E-state index contributed by atoms with van der Waals surface area (Å²) in [5.74, 6) is 1.11. The fraction of sp³-hybridized carbons (Fsp3) is 0.500. The van der Waals surface area contributed by atoms with E-state index in [-0.39, 0.29) is 0 Å². The van der Waals surface area contributed by atoms with Crippen LogP contribution in [0.2, 0.25) is 5.02 Å². The summed E-state index contributed by atoms with van der Waals surface area (Å²) in [5, 5.41) is 4.38. The molecule has 0 heterocycles. The number of halogens is 1. The summed E-state index contributed by atoms with van der Waals surface area (Å²) in [4.78, 5) is 3.25. The lowest BCUT2D eigenvalue weighted by atomic mass is 9.95. The number of rotatable bonds is 2. The molecule has 1 fully saturated rings. The van der Waals surface area contributed by atoms with E-state index in [0.717, 1.165) is 10.9 Å². The van der Waals surface area contributed by atoms with E-state index >= 15 is 0 Å². The van der Waals surface area contributed by atoms with Crippen molar-refractivity contribution >= 4 is 17.4 Å². The van der Waals surface area contributed by atoms with E-state index in [0.29, 0.717) is 6.04 Å². The molecule has 1 aromatic carbocycles. The van der Waals surface area contributed by atoms with Crippen molar-refractivity contribution in [3.63, 3.8) is 0 Å². The molecule has 0 spiro atoms. The van der Waals surface area contributed by atoms with Gasteiger partial charge < -0.3 is 0 Å². The third kappa shape index (κ3) is 3.47. The van der Waals surface area contributed by atoms with Gasteiger partial charge in [-0.2, -0.15) is 0 Å². The zero-order chi connectivity index (χ0) is 12.1. The summed E-state index contributed by atoms with van der Waals surface area (Å²) in [6, 6.07) is 8.56. The Kier molecular flexibility index (Phi) is 4.43. The summed E-state index contributed by atoms with van der Waals surface area (Å²) in [5.41, 5.74) is 1.17. The lowest BCUT2D eigenvalue weighted by Crippen LogP contribution is -2.72. The largest absolute Gasteiger partial charge is 0.277 e. The Hall–Kier alpha value is -1.02. The second-order valence-corrected chi connectivity index (χ2v) is 5.05. The molecule has 17 heavy (non-hydrogen) atoms. The van der Waals surface area contributed by atoms with Crippen LogP contribution in [0.15, 0.2) is 24.3 Å². The molecule has 0 atom stereocenters. The van der Waals surface area contributed by atoms with Crippen molar-refractivity contribution in [3.8, 4) is 0 Å². The molecule has 2 rings (SSSR count). The fourth-order valence-electron chi connectivity index (χ4n) is 2.37. The van der Waals surface area contributed by atoms with E-state index in [2.05, 4.69) is 10.3 Å². The minimum absolute atomic E-state index is 0.613. The molecular formula is C14H20ClN2+. The highest BCUT2D eigenvalue weighted by atomic mass is 35.5. The summed E-state index contributed by atoms with van der Waals surface area (Å²) < 4.78 is 0. The molecule has 1 aromatic rings. The molecule has 92 valence electrons. The Balaban J connectivity index is 2.03. The van der Waals surface area contributed by atoms with Gasteiger partial charge in [0.05, 0.1) is 18.7 Å². The van der Waals surface area contributed by atoms with Crippen molar-refractivity contribution in [1.29, 1.82) is 0 Å². The van der Waals surface area contributed by atoms with Crippen molar-refractivity contribution in [2.75, 3.05) is 7.05 Å². The van der Waals surface area contributed by atoms with Crippen LogP contribution < -0.4 is 10.3 Å². The van der Waals surface area contributed by atoms with Crippen LogP contribution in [-0.2, 0) is 0 Å². The van der Waals surface area contributed by atoms with E-state index in [1.165, 1.54) is 37.7 Å². The molecule has 1 aliphatic carbocycles. The first kappa shape index (κ1) is 12.4. The lowest BCUT2D eigenvalue weighted by Gasteiger charge is -2.19. The quantitative estimate of drug-likeness (QED) is 0.608. The standard InChI is InChI=1S/C14H19ClN2/c1-16-14(11-7-9-12(15)10-8-11)17-13-5-3-2-4-6-13/h7-10,13H,2-6H2,1H3,(H,16,17)/p+1. The van der Waals surface area contributed by atoms with Crippen molar-refractivity contribution in [2.45, 2.75) is 38.1 Å². The van der Waals surface area contributed by atoms with E-state index in [4.69, 9.17) is 11.6 Å². The van der Waals surface area contributed by atoms with Crippen LogP contribution in [-0.4, -0.2) is 18.9 Å². The SMILES string of the molecule is C[NH+]=C(NC1CCCCC1)c1ccc(Cl)cc1. The van der Waals surface area contributed by atoms with Crippen LogP contribution >= 0.6 is 11.6 Å². The molecular weight excluding hydrogens is 232 g/mol. The molecule has 2 nitrogen and oxygen atoms in total. The summed E-state index contributed by atoms with van der Waals surface area (Å²) in [6.45, 7) is 0. The molecule has 0 aromatic heterocycles. The Morgan fingerprint density at radius 2 is 1.82 bits per heavy atom. The molecule has 0 aliphatic heterocycles. The average molecular weight is 252 g/mol. The Bertz CT molecular complexity index is 378. The van der Waals surface area contributed by atoms with Crippen LogP contribution in [0.1, 0.15) is 37.7 Å². The van der Waals surface area contributed by atoms with E-state index < -0.39 is 0 Å². The van der Waals surface area contributed by atoms with Gasteiger partial charge in [-0.05, 0) is 49.9 Å². The highest BCUT2D eigenvalue weighted by molar-refractivity contribution is 6.30. The summed E-state index contributed by atoms with van der Waals surface area (Å²) in [7, 11) is 1.96. The van der Waals surface area contributed by atoms with Crippen molar-refractivity contribution in [3.05, 3.63) is 34.9 Å². The molecule has 0 saturated heterocycles. The average Bonchev–Trinajstić information content (AvgIpc) is 2.38. The van der Waals surface area contributed by atoms with Crippen LogP contribution in [0.3, 0.4) is 0 Å². The Morgan fingerprint density at radius 1 is 1.18 bits per heavy atom. The molecule has 1 saturated carbocycles. The van der Waals surface area contributed by atoms with Gasteiger partial charge in [-0.3, -0.25) is 10.3 Å². The summed E-state index contributed by atoms with van der Waals surface area (Å²) in [6.07, 6.45) is 6.62. The monoisotopic (exact) mass is 251 g/mol. The molecule has 2 N–H and O–H groups in total. The maximum atomic E-state index is 5.90. The fourth-order valence-corrected chi connectivity index (χ4v) is 2.49. The highest BCUT2D eigenvalue weighted by Gasteiger charge is 2.20. The van der Waals surface area contributed by atoms with Crippen LogP contribution in [0.25, 0.3) is 0 Å². The van der Waals surface area contributed by atoms with Gasteiger partial charge in [0.25, 0.3) is 5.84 Å². The van der Waals surface area contributed by atoms with Crippen molar-refractivity contribution < 1.29 is 4.99 Å². The molecule has 0 radical (unpaired) electrons. The molecule has 0 amide bonds. The normalized spacial score (nSPS) is 18.1. The van der Waals surface area contributed by atoms with Gasteiger partial charge in [0, 0.05) is 5.02 Å². The minimum Gasteiger partial charge on any atom is -0.277 e. The molecule has 0 unspecified atom stereocenters. The first-order valence-electron chi connectivity index (χ1n) is 6.37. The van der Waals surface area contributed by atoms with E-state index in [1.807, 2.05) is 31.3 Å². The Labute approximate surface area is 108 Å². The maximum absolute atomic E-state index is 5.90. The van der Waals surface area contributed by atoms with E-state index in [1.54, 1.807) is 0 Å². The third-order valence-electron chi connectivity index (χ3n) is 3.34. The number of hydrogen-bond donors (Lipinski definition) is 2. The number of nitrogens with one attached hydrogen (secondary N) is 2. The second-order valence-electron chi connectivity index (χ2n) is 4.61. The first-order valence-corrected chi connectivity index (χ1v) is 6.74. The van der Waals surface area contributed by atoms with E-state index in [9.17, 15) is 0 Å². The van der Waals surface area contributed by atoms with Crippen LogP contribution in [0.5, 0.6) is 0 Å². The van der Waals surface area contributed by atoms with Gasteiger partial charge in [0.2, 0.25) is 0 Å². The smallest absolute Gasteiger partial charge is 0.274 e. The van der Waals surface area contributed by atoms with Crippen LogP contribution in [0, 0.1) is 0 Å². The number of hydrogen-bond acceptors (Lipinski definition) is 0. The minimum atomic E-state index is 0.613. The predicted octanol–water partition coefficient (Wildman–Crippen LogP) is 1.72. The van der Waals surface area contributed by atoms with Gasteiger partial charge in [-0.25, -0.2) is 0 Å². The Morgan fingerprint density at radius 3 is 2.41 bits per heavy atom. The third-order valence-corrected chi connectivity index (χ3v) is 3.59. The first-order chi connectivity index (χ1) is 8.29. The molecule has 1 aliphatic rings. The zero-order valence-corrected chi connectivity index (χ0v) is 11.1. The van der Waals surface area contributed by atoms with Gasteiger partial charge in [0.15, 0.2) is 0 Å². The zero-order valence-electron chi connectivity index (χ0n) is 10.3.